The maximum Gasteiger partial charge on any atom is 0.235 e. The van der Waals surface area contributed by atoms with Crippen molar-refractivity contribution >= 4 is 21.6 Å². The maximum atomic E-state index is 8.98. The number of aliphatic hydroxyl groups excluding tert-OH is 1. The number of methoxy groups -OCH3 is 1. The minimum Gasteiger partial charge on any atom is -1.00 e. The topological polar surface area (TPSA) is 33.3 Å². The molecule has 1 heterocycles. The van der Waals surface area contributed by atoms with E-state index in [1.807, 2.05) is 18.2 Å². The zero-order chi connectivity index (χ0) is 10.8. The van der Waals surface area contributed by atoms with Crippen LogP contribution in [0.15, 0.2) is 18.2 Å². The summed E-state index contributed by atoms with van der Waals surface area (Å²) in [7, 11) is 1.67. The summed E-state index contributed by atoms with van der Waals surface area (Å²) < 4.78 is 8.50. The fourth-order valence-corrected chi connectivity index (χ4v) is 2.76. The lowest BCUT2D eigenvalue weighted by atomic mass is 10.3. The van der Waals surface area contributed by atoms with Crippen molar-refractivity contribution in [2.45, 2.75) is 13.5 Å². The SMILES string of the molecule is COc1ccc2c(c1)sc(C)[n+]2CCO.[Br-]. The van der Waals surface area contributed by atoms with Crippen molar-refractivity contribution in [1.29, 1.82) is 0 Å². The molecular weight excluding hydrogens is 290 g/mol. The van der Waals surface area contributed by atoms with E-state index in [4.69, 9.17) is 9.84 Å². The number of benzene rings is 1. The fraction of sp³-hybridized carbons (Fsp3) is 0.364. The molecule has 0 unspecified atom stereocenters. The molecule has 0 aliphatic carbocycles. The van der Waals surface area contributed by atoms with Crippen molar-refractivity contribution < 1.29 is 31.4 Å². The van der Waals surface area contributed by atoms with Gasteiger partial charge in [-0.1, -0.05) is 11.3 Å². The highest BCUT2D eigenvalue weighted by atomic mass is 79.9. The van der Waals surface area contributed by atoms with Gasteiger partial charge in [0.1, 0.15) is 17.1 Å². The fourth-order valence-electron chi connectivity index (χ4n) is 1.69. The molecule has 0 atom stereocenters. The highest BCUT2D eigenvalue weighted by Gasteiger charge is 2.16. The Bertz CT molecular complexity index is 484. The van der Waals surface area contributed by atoms with E-state index >= 15 is 0 Å². The smallest absolute Gasteiger partial charge is 0.235 e. The molecule has 0 bridgehead atoms. The van der Waals surface area contributed by atoms with Crippen LogP contribution in [-0.4, -0.2) is 18.8 Å². The van der Waals surface area contributed by atoms with E-state index in [0.29, 0.717) is 6.54 Å². The monoisotopic (exact) mass is 303 g/mol. The molecule has 5 heteroatoms. The highest BCUT2D eigenvalue weighted by Crippen LogP contribution is 2.24. The number of thiazole rings is 1. The van der Waals surface area contributed by atoms with Crippen LogP contribution in [0.2, 0.25) is 0 Å². The van der Waals surface area contributed by atoms with Crippen molar-refractivity contribution in [2.75, 3.05) is 13.7 Å². The molecule has 0 spiro atoms. The molecule has 1 aromatic carbocycles. The largest absolute Gasteiger partial charge is 1.00 e. The molecule has 88 valence electrons. The Morgan fingerprint density at radius 1 is 1.44 bits per heavy atom. The van der Waals surface area contributed by atoms with Crippen LogP contribution in [-0.2, 0) is 6.54 Å². The van der Waals surface area contributed by atoms with Gasteiger partial charge in [-0.2, -0.15) is 4.57 Å². The summed E-state index contributed by atoms with van der Waals surface area (Å²) in [4.78, 5) is 0. The number of halogens is 1. The Morgan fingerprint density at radius 3 is 2.81 bits per heavy atom. The van der Waals surface area contributed by atoms with Crippen molar-refractivity contribution in [2.24, 2.45) is 0 Å². The maximum absolute atomic E-state index is 8.98. The third kappa shape index (κ3) is 2.36. The average Bonchev–Trinajstić information content (AvgIpc) is 2.55. The number of hydrogen-bond donors (Lipinski definition) is 1. The predicted molar refractivity (Wildman–Crippen MR) is 60.4 cm³/mol. The van der Waals surface area contributed by atoms with Crippen molar-refractivity contribution in [1.82, 2.24) is 0 Å². The molecule has 1 N–H and O–H groups in total. The van der Waals surface area contributed by atoms with Crippen LogP contribution in [0.4, 0.5) is 0 Å². The summed E-state index contributed by atoms with van der Waals surface area (Å²) in [6.07, 6.45) is 0. The van der Waals surface area contributed by atoms with Crippen molar-refractivity contribution in [3.63, 3.8) is 0 Å². The van der Waals surface area contributed by atoms with Crippen molar-refractivity contribution in [3.05, 3.63) is 23.2 Å². The standard InChI is InChI=1S/C11H14NO2S.BrH/c1-8-12(5-6-13)10-4-3-9(14-2)7-11(10)15-8;/h3-4,7,13H,5-6H2,1-2H3;1H/q+1;/p-1. The molecule has 0 saturated carbocycles. The third-order valence-electron chi connectivity index (χ3n) is 2.42. The van der Waals surface area contributed by atoms with Gasteiger partial charge < -0.3 is 26.8 Å². The van der Waals surface area contributed by atoms with Gasteiger partial charge in [-0.05, 0) is 6.07 Å². The van der Waals surface area contributed by atoms with Gasteiger partial charge in [-0.25, -0.2) is 0 Å². The summed E-state index contributed by atoms with van der Waals surface area (Å²) in [5, 5.41) is 10.2. The van der Waals surface area contributed by atoms with Crippen molar-refractivity contribution in [3.8, 4) is 5.75 Å². The number of hydrogen-bond acceptors (Lipinski definition) is 3. The summed E-state index contributed by atoms with van der Waals surface area (Å²) in [5.41, 5.74) is 1.16. The first kappa shape index (κ1) is 13.4. The normalized spacial score (nSPS) is 10.2. The Kier molecular flexibility index (Phi) is 4.70. The Balaban J connectivity index is 0.00000128. The second-order valence-electron chi connectivity index (χ2n) is 3.33. The van der Waals surface area contributed by atoms with E-state index < -0.39 is 0 Å². The van der Waals surface area contributed by atoms with Crippen LogP contribution in [0, 0.1) is 6.92 Å². The van der Waals surface area contributed by atoms with Crippen LogP contribution >= 0.6 is 11.3 Å². The number of nitrogens with zero attached hydrogens (tertiary/aromatic N) is 1. The minimum absolute atomic E-state index is 0. The molecule has 1 aromatic heterocycles. The summed E-state index contributed by atoms with van der Waals surface area (Å²) in [6, 6.07) is 6.01. The molecule has 3 nitrogen and oxygen atoms in total. The number of ether oxygens (including phenoxy) is 1. The van der Waals surface area contributed by atoms with Gasteiger partial charge >= 0.3 is 0 Å². The third-order valence-corrected chi connectivity index (χ3v) is 3.48. The Hall–Kier alpha value is -0.650. The van der Waals surface area contributed by atoms with E-state index in [-0.39, 0.29) is 23.6 Å². The average molecular weight is 304 g/mol. The molecule has 2 rings (SSSR count). The van der Waals surface area contributed by atoms with Gasteiger partial charge in [0.05, 0.1) is 7.11 Å². The second-order valence-corrected chi connectivity index (χ2v) is 4.56. The highest BCUT2D eigenvalue weighted by molar-refractivity contribution is 7.18. The van der Waals surface area contributed by atoms with Crippen LogP contribution in [0.1, 0.15) is 5.01 Å². The molecule has 0 radical (unpaired) electrons. The molecule has 0 fully saturated rings. The van der Waals surface area contributed by atoms with Crippen LogP contribution in [0.3, 0.4) is 0 Å². The number of aliphatic hydroxyl groups is 1. The first-order valence-electron chi connectivity index (χ1n) is 4.84. The van der Waals surface area contributed by atoms with E-state index in [2.05, 4.69) is 11.5 Å². The van der Waals surface area contributed by atoms with Gasteiger partial charge in [0.25, 0.3) is 0 Å². The molecule has 0 aliphatic heterocycles. The van der Waals surface area contributed by atoms with E-state index in [9.17, 15) is 0 Å². The van der Waals surface area contributed by atoms with Gasteiger partial charge in [0, 0.05) is 19.1 Å². The van der Waals surface area contributed by atoms with E-state index in [0.717, 1.165) is 11.3 Å². The molecule has 16 heavy (non-hydrogen) atoms. The second kappa shape index (κ2) is 5.61. The summed E-state index contributed by atoms with van der Waals surface area (Å²) in [6.45, 7) is 2.88. The first-order chi connectivity index (χ1) is 7.26. The molecule has 2 aromatic rings. The number of rotatable bonds is 3. The van der Waals surface area contributed by atoms with Crippen LogP contribution in [0.5, 0.6) is 5.75 Å². The summed E-state index contributed by atoms with van der Waals surface area (Å²) in [5.74, 6) is 0.875. The molecule has 0 saturated heterocycles. The lowest BCUT2D eigenvalue weighted by molar-refractivity contribution is -0.674. The number of aromatic nitrogens is 1. The molecular formula is C11H14BrNO2S. The summed E-state index contributed by atoms with van der Waals surface area (Å²) >= 11 is 1.72. The van der Waals surface area contributed by atoms with Crippen LogP contribution < -0.4 is 26.3 Å². The number of fused-ring (bicyclic) bond motifs is 1. The minimum atomic E-state index is 0. The number of aryl methyl sites for hydroxylation is 1. The zero-order valence-corrected chi connectivity index (χ0v) is 11.6. The Labute approximate surface area is 109 Å². The lowest BCUT2D eigenvalue weighted by Gasteiger charge is -1.97. The Morgan fingerprint density at radius 2 is 2.19 bits per heavy atom. The molecule has 0 aliphatic rings. The first-order valence-corrected chi connectivity index (χ1v) is 5.65. The van der Waals surface area contributed by atoms with Gasteiger partial charge in [-0.3, -0.25) is 0 Å². The van der Waals surface area contributed by atoms with Gasteiger partial charge in [0.2, 0.25) is 10.5 Å². The molecule has 0 amide bonds. The predicted octanol–water partition coefficient (Wildman–Crippen LogP) is -1.50. The van der Waals surface area contributed by atoms with Crippen LogP contribution in [0.25, 0.3) is 10.2 Å². The van der Waals surface area contributed by atoms with Gasteiger partial charge in [0.15, 0.2) is 6.54 Å². The quantitative estimate of drug-likeness (QED) is 0.701. The van der Waals surface area contributed by atoms with Gasteiger partial charge in [-0.15, -0.1) is 0 Å². The zero-order valence-electron chi connectivity index (χ0n) is 9.24. The van der Waals surface area contributed by atoms with E-state index in [1.54, 1.807) is 18.4 Å². The lowest BCUT2D eigenvalue weighted by Crippen LogP contribution is -3.00. The van der Waals surface area contributed by atoms with E-state index in [1.165, 1.54) is 9.71 Å².